The maximum atomic E-state index is 13.4. The van der Waals surface area contributed by atoms with E-state index in [0.29, 0.717) is 0 Å². The van der Waals surface area contributed by atoms with Gasteiger partial charge in [0.25, 0.3) is 0 Å². The summed E-state index contributed by atoms with van der Waals surface area (Å²) >= 11 is 0. The monoisotopic (exact) mass is 580 g/mol. The zero-order valence-electron chi connectivity index (χ0n) is 22.9. The van der Waals surface area contributed by atoms with Crippen LogP contribution in [0, 0.1) is 0 Å². The lowest BCUT2D eigenvalue weighted by atomic mass is 9.96. The van der Waals surface area contributed by atoms with E-state index in [4.69, 9.17) is 28.4 Å². The Morgan fingerprint density at radius 1 is 0.535 bits per heavy atom. The first-order valence-corrected chi connectivity index (χ1v) is 13.8. The van der Waals surface area contributed by atoms with Gasteiger partial charge in [-0.05, 0) is 36.4 Å². The maximum absolute atomic E-state index is 13.4. The second kappa shape index (κ2) is 13.0. The van der Waals surface area contributed by atoms with Crippen LogP contribution in [-0.4, -0.2) is 55.2 Å². The molecular weight excluding hydrogens is 552 g/mol. The smallest absolute Gasteiger partial charge is 0.340 e. The zero-order valence-corrected chi connectivity index (χ0v) is 22.9. The molecule has 2 aliphatic heterocycles. The number of benzene rings is 4. The van der Waals surface area contributed by atoms with Gasteiger partial charge in [0, 0.05) is 5.56 Å². The van der Waals surface area contributed by atoms with Crippen molar-refractivity contribution in [2.75, 3.05) is 6.61 Å². The highest BCUT2D eigenvalue weighted by Gasteiger charge is 2.55. The molecule has 2 fully saturated rings. The van der Waals surface area contributed by atoms with Gasteiger partial charge in [-0.25, -0.2) is 14.4 Å². The van der Waals surface area contributed by atoms with Crippen molar-refractivity contribution in [3.63, 3.8) is 0 Å². The molecule has 0 amide bonds. The van der Waals surface area contributed by atoms with Crippen molar-refractivity contribution in [3.8, 4) is 0 Å². The molecule has 9 heteroatoms. The van der Waals surface area contributed by atoms with Gasteiger partial charge in [-0.15, -0.1) is 0 Å². The van der Waals surface area contributed by atoms with E-state index in [2.05, 4.69) is 0 Å². The molecule has 218 valence electrons. The van der Waals surface area contributed by atoms with Gasteiger partial charge in [0.15, 0.2) is 12.4 Å². The number of rotatable bonds is 7. The molecule has 0 spiro atoms. The Hall–Kier alpha value is -4.83. The molecule has 6 atom stereocenters. The first-order valence-electron chi connectivity index (χ1n) is 13.8. The summed E-state index contributed by atoms with van der Waals surface area (Å²) in [7, 11) is 0. The fourth-order valence-corrected chi connectivity index (χ4v) is 4.96. The minimum absolute atomic E-state index is 0.0301. The van der Waals surface area contributed by atoms with Crippen LogP contribution in [-0.2, 0) is 28.4 Å². The average Bonchev–Trinajstić information content (AvgIpc) is 3.07. The van der Waals surface area contributed by atoms with Crippen molar-refractivity contribution in [3.05, 3.63) is 144 Å². The molecule has 4 aromatic carbocycles. The van der Waals surface area contributed by atoms with Gasteiger partial charge in [0.1, 0.15) is 12.2 Å². The van der Waals surface area contributed by atoms with Crippen LogP contribution in [0.2, 0.25) is 0 Å². The molecule has 6 rings (SSSR count). The minimum atomic E-state index is -1.45. The molecule has 0 radical (unpaired) electrons. The zero-order chi connectivity index (χ0) is 29.6. The van der Waals surface area contributed by atoms with Crippen LogP contribution in [0.15, 0.2) is 121 Å². The number of hydrogen-bond acceptors (Lipinski definition) is 9. The van der Waals surface area contributed by atoms with Crippen molar-refractivity contribution in [1.82, 2.24) is 0 Å². The quantitative estimate of drug-likeness (QED) is 0.217. The lowest BCUT2D eigenvalue weighted by Crippen LogP contribution is -2.64. The predicted octanol–water partition coefficient (Wildman–Crippen LogP) is 5.13. The molecule has 2 heterocycles. The molecule has 0 aliphatic carbocycles. The number of ether oxygens (including phenoxy) is 6. The normalized spacial score (nSPS) is 24.7. The SMILES string of the molecule is O=C(O[C@@H]1O[C@@H]2COC(c3ccccc3)O[C@@H]2[C@H](OC(=O)c2ccccc2)[C@H]1OC(=O)c1ccccc1)c1ccccc1. The lowest BCUT2D eigenvalue weighted by Gasteiger charge is -2.47. The van der Waals surface area contributed by atoms with Gasteiger partial charge in [0.2, 0.25) is 12.4 Å². The molecule has 4 aromatic rings. The van der Waals surface area contributed by atoms with E-state index in [0.717, 1.165) is 5.56 Å². The Bertz CT molecular complexity index is 1530. The number of carbonyl (C=O) groups is 3. The van der Waals surface area contributed by atoms with Gasteiger partial charge in [-0.1, -0.05) is 84.9 Å². The fourth-order valence-electron chi connectivity index (χ4n) is 4.96. The number of hydrogen-bond donors (Lipinski definition) is 0. The summed E-state index contributed by atoms with van der Waals surface area (Å²) in [6.07, 6.45) is -6.64. The van der Waals surface area contributed by atoms with Gasteiger partial charge < -0.3 is 28.4 Å². The van der Waals surface area contributed by atoms with Crippen LogP contribution in [0.5, 0.6) is 0 Å². The highest BCUT2D eigenvalue weighted by atomic mass is 16.8. The first kappa shape index (κ1) is 28.3. The Morgan fingerprint density at radius 2 is 0.977 bits per heavy atom. The fraction of sp³-hybridized carbons (Fsp3) is 0.206. The predicted molar refractivity (Wildman–Crippen MR) is 152 cm³/mol. The first-order chi connectivity index (χ1) is 21.1. The van der Waals surface area contributed by atoms with E-state index in [1.807, 2.05) is 30.3 Å². The molecule has 2 saturated heterocycles. The van der Waals surface area contributed by atoms with Gasteiger partial charge in [0.05, 0.1) is 23.3 Å². The average molecular weight is 581 g/mol. The second-order valence-corrected chi connectivity index (χ2v) is 9.96. The summed E-state index contributed by atoms with van der Waals surface area (Å²) in [5.74, 6) is -2.11. The molecule has 0 N–H and O–H groups in total. The van der Waals surface area contributed by atoms with E-state index in [-0.39, 0.29) is 23.3 Å². The van der Waals surface area contributed by atoms with Crippen molar-refractivity contribution >= 4 is 17.9 Å². The third-order valence-electron chi connectivity index (χ3n) is 7.09. The molecule has 9 nitrogen and oxygen atoms in total. The molecule has 0 bridgehead atoms. The van der Waals surface area contributed by atoms with Crippen molar-refractivity contribution in [1.29, 1.82) is 0 Å². The van der Waals surface area contributed by atoms with Crippen LogP contribution in [0.4, 0.5) is 0 Å². The Labute approximate surface area is 247 Å². The third kappa shape index (κ3) is 6.49. The van der Waals surface area contributed by atoms with E-state index in [9.17, 15) is 14.4 Å². The van der Waals surface area contributed by atoms with Crippen LogP contribution in [0.1, 0.15) is 42.9 Å². The maximum Gasteiger partial charge on any atom is 0.340 e. The topological polar surface area (TPSA) is 107 Å². The second-order valence-electron chi connectivity index (χ2n) is 9.96. The Morgan fingerprint density at radius 3 is 1.49 bits per heavy atom. The van der Waals surface area contributed by atoms with E-state index >= 15 is 0 Å². The molecule has 0 aromatic heterocycles. The van der Waals surface area contributed by atoms with E-state index in [1.165, 1.54) is 0 Å². The largest absolute Gasteiger partial charge is 0.452 e. The summed E-state index contributed by atoms with van der Waals surface area (Å²) < 4.78 is 36.2. The van der Waals surface area contributed by atoms with E-state index in [1.54, 1.807) is 91.0 Å². The van der Waals surface area contributed by atoms with Gasteiger partial charge in [-0.3, -0.25) is 0 Å². The molecule has 0 saturated carbocycles. The van der Waals surface area contributed by atoms with Crippen molar-refractivity contribution < 1.29 is 42.8 Å². The summed E-state index contributed by atoms with van der Waals surface area (Å²) in [6, 6.07) is 34.3. The number of fused-ring (bicyclic) bond motifs is 1. The third-order valence-corrected chi connectivity index (χ3v) is 7.09. The summed E-state index contributed by atoms with van der Waals surface area (Å²) in [5, 5.41) is 0. The van der Waals surface area contributed by atoms with Crippen molar-refractivity contribution in [2.24, 2.45) is 0 Å². The summed E-state index contributed by atoms with van der Waals surface area (Å²) in [6.45, 7) is 0.0301. The highest BCUT2D eigenvalue weighted by Crippen LogP contribution is 2.37. The highest BCUT2D eigenvalue weighted by molar-refractivity contribution is 5.91. The van der Waals surface area contributed by atoms with E-state index < -0.39 is 54.9 Å². The number of esters is 3. The molecule has 2 aliphatic rings. The van der Waals surface area contributed by atoms with Gasteiger partial charge >= 0.3 is 17.9 Å². The van der Waals surface area contributed by atoms with Crippen LogP contribution < -0.4 is 0 Å². The minimum Gasteiger partial charge on any atom is -0.452 e. The molecular formula is C34H28O9. The lowest BCUT2D eigenvalue weighted by molar-refractivity contribution is -0.351. The summed E-state index contributed by atoms with van der Waals surface area (Å²) in [5.41, 5.74) is 1.54. The Balaban J connectivity index is 1.36. The summed E-state index contributed by atoms with van der Waals surface area (Å²) in [4.78, 5) is 39.9. The van der Waals surface area contributed by atoms with Gasteiger partial charge in [-0.2, -0.15) is 0 Å². The standard InChI is InChI=1S/C34H28O9/c35-30(22-13-5-1-6-14-22)40-28-27-26(21-38-33(42-27)25-19-11-4-12-20-25)39-34(43-32(37)24-17-9-3-10-18-24)29(28)41-31(36)23-15-7-2-8-16-23/h1-20,26-29,33-34H,21H2/t26-,27+,28+,29-,33?,34+/m1/s1. The van der Waals surface area contributed by atoms with Crippen LogP contribution >= 0.6 is 0 Å². The molecule has 43 heavy (non-hydrogen) atoms. The molecule has 1 unspecified atom stereocenters. The van der Waals surface area contributed by atoms with Crippen LogP contribution in [0.3, 0.4) is 0 Å². The Kier molecular flexibility index (Phi) is 8.55. The van der Waals surface area contributed by atoms with Crippen LogP contribution in [0.25, 0.3) is 0 Å². The number of carbonyl (C=O) groups excluding carboxylic acids is 3. The van der Waals surface area contributed by atoms with Crippen molar-refractivity contribution in [2.45, 2.75) is 37.0 Å².